The molecule has 0 aromatic heterocycles. The fraction of sp³-hybridized carbons (Fsp3) is 0.222. The third-order valence-electron chi connectivity index (χ3n) is 3.21. The lowest BCUT2D eigenvalue weighted by Gasteiger charge is -2.06. The van der Waals surface area contributed by atoms with Gasteiger partial charge in [0.15, 0.2) is 0 Å². The third-order valence-corrected chi connectivity index (χ3v) is 3.21. The predicted molar refractivity (Wildman–Crippen MR) is 90.1 cm³/mol. The molecule has 0 radical (unpaired) electrons. The molecule has 7 heteroatoms. The molecule has 0 saturated heterocycles. The number of carboxylic acids is 2. The van der Waals surface area contributed by atoms with E-state index in [1.54, 1.807) is 19.2 Å². The molecule has 134 valence electrons. The first-order chi connectivity index (χ1) is 11.9. The monoisotopic (exact) mass is 349 g/mol. The van der Waals surface area contributed by atoms with Crippen molar-refractivity contribution in [3.63, 3.8) is 0 Å². The van der Waals surface area contributed by atoms with Crippen LogP contribution in [0.1, 0.15) is 11.1 Å². The van der Waals surface area contributed by atoms with Crippen LogP contribution in [-0.2, 0) is 22.6 Å². The topological polar surface area (TPSA) is 95.9 Å². The number of benzene rings is 2. The first kappa shape index (κ1) is 20.1. The highest BCUT2D eigenvalue weighted by Gasteiger charge is 2.04. The van der Waals surface area contributed by atoms with Crippen LogP contribution < -0.4 is 10.1 Å². The molecule has 0 aliphatic rings. The molecular formula is C18H20FNO5. The van der Waals surface area contributed by atoms with E-state index in [-0.39, 0.29) is 5.82 Å². The van der Waals surface area contributed by atoms with Crippen LogP contribution in [0.5, 0.6) is 5.75 Å². The summed E-state index contributed by atoms with van der Waals surface area (Å²) in [7, 11) is 1.66. The molecule has 2 aromatic carbocycles. The molecule has 0 bridgehead atoms. The molecule has 2 rings (SSSR count). The Morgan fingerprint density at radius 3 is 2.16 bits per heavy atom. The van der Waals surface area contributed by atoms with E-state index >= 15 is 0 Å². The number of nitrogens with one attached hydrogen (secondary N) is 1. The van der Waals surface area contributed by atoms with E-state index in [1.807, 2.05) is 30.3 Å². The summed E-state index contributed by atoms with van der Waals surface area (Å²) < 4.78 is 18.5. The Morgan fingerprint density at radius 2 is 1.64 bits per heavy atom. The largest absolute Gasteiger partial charge is 0.497 e. The number of aliphatic carboxylic acids is 2. The fourth-order valence-electron chi connectivity index (χ4n) is 1.89. The molecule has 0 spiro atoms. The van der Waals surface area contributed by atoms with Gasteiger partial charge < -0.3 is 20.3 Å². The molecule has 0 unspecified atom stereocenters. The molecule has 0 atom stereocenters. The lowest BCUT2D eigenvalue weighted by Crippen LogP contribution is -2.17. The standard InChI is InChI=1S/C16H18FNO.C2H2O4/c1-19-15-8-6-13(7-9-15)10-11-18-12-14-4-2-3-5-16(14)17;3-1(4)2(5)6/h2-9,18H,10-12H2,1H3;(H,3,4)(H,5,6). The Morgan fingerprint density at radius 1 is 1.04 bits per heavy atom. The Bertz CT molecular complexity index is 676. The molecule has 0 aliphatic carbocycles. The number of carbonyl (C=O) groups is 2. The van der Waals surface area contributed by atoms with Gasteiger partial charge in [-0.2, -0.15) is 0 Å². The Hall–Kier alpha value is -2.93. The molecule has 3 N–H and O–H groups in total. The maximum absolute atomic E-state index is 13.4. The van der Waals surface area contributed by atoms with Crippen molar-refractivity contribution < 1.29 is 28.9 Å². The van der Waals surface area contributed by atoms with E-state index in [0.29, 0.717) is 12.1 Å². The number of rotatable bonds is 6. The molecular weight excluding hydrogens is 329 g/mol. The van der Waals surface area contributed by atoms with E-state index in [9.17, 15) is 4.39 Å². The van der Waals surface area contributed by atoms with Crippen LogP contribution in [0.3, 0.4) is 0 Å². The van der Waals surface area contributed by atoms with Crippen LogP contribution in [0.4, 0.5) is 4.39 Å². The van der Waals surface area contributed by atoms with Crippen molar-refractivity contribution in [2.75, 3.05) is 13.7 Å². The van der Waals surface area contributed by atoms with Crippen molar-refractivity contribution in [1.29, 1.82) is 0 Å². The zero-order valence-electron chi connectivity index (χ0n) is 13.7. The predicted octanol–water partition coefficient (Wildman–Crippen LogP) is 2.32. The van der Waals surface area contributed by atoms with Crippen molar-refractivity contribution >= 4 is 11.9 Å². The van der Waals surface area contributed by atoms with E-state index in [2.05, 4.69) is 5.32 Å². The molecule has 0 aliphatic heterocycles. The van der Waals surface area contributed by atoms with E-state index in [1.165, 1.54) is 11.6 Å². The molecule has 25 heavy (non-hydrogen) atoms. The van der Waals surface area contributed by atoms with Crippen molar-refractivity contribution in [2.24, 2.45) is 0 Å². The lowest BCUT2D eigenvalue weighted by molar-refractivity contribution is -0.159. The minimum Gasteiger partial charge on any atom is -0.497 e. The van der Waals surface area contributed by atoms with Gasteiger partial charge in [-0.05, 0) is 36.7 Å². The number of carboxylic acid groups (broad SMARTS) is 2. The minimum atomic E-state index is -1.82. The van der Waals surface area contributed by atoms with E-state index < -0.39 is 11.9 Å². The van der Waals surface area contributed by atoms with Gasteiger partial charge in [-0.3, -0.25) is 0 Å². The van der Waals surface area contributed by atoms with E-state index in [0.717, 1.165) is 18.7 Å². The summed E-state index contributed by atoms with van der Waals surface area (Å²) in [5.41, 5.74) is 1.94. The highest BCUT2D eigenvalue weighted by atomic mass is 19.1. The summed E-state index contributed by atoms with van der Waals surface area (Å²) in [5.74, 6) is -2.94. The Balaban J connectivity index is 0.000000450. The van der Waals surface area contributed by atoms with Gasteiger partial charge in [-0.1, -0.05) is 30.3 Å². The second-order valence-electron chi connectivity index (χ2n) is 4.98. The maximum Gasteiger partial charge on any atom is 0.414 e. The summed E-state index contributed by atoms with van der Waals surface area (Å²) in [5, 5.41) is 18.0. The quantitative estimate of drug-likeness (QED) is 0.547. The van der Waals surface area contributed by atoms with Gasteiger partial charge in [0.05, 0.1) is 7.11 Å². The van der Waals surface area contributed by atoms with E-state index in [4.69, 9.17) is 24.5 Å². The van der Waals surface area contributed by atoms with Gasteiger partial charge in [0.25, 0.3) is 0 Å². The molecule has 6 nitrogen and oxygen atoms in total. The van der Waals surface area contributed by atoms with Crippen molar-refractivity contribution in [3.05, 3.63) is 65.5 Å². The third kappa shape index (κ3) is 7.94. The summed E-state index contributed by atoms with van der Waals surface area (Å²) >= 11 is 0. The van der Waals surface area contributed by atoms with Crippen molar-refractivity contribution in [2.45, 2.75) is 13.0 Å². The number of hydrogen-bond donors (Lipinski definition) is 3. The van der Waals surface area contributed by atoms with Crippen LogP contribution in [0, 0.1) is 5.82 Å². The maximum atomic E-state index is 13.4. The Labute approximate surface area is 144 Å². The van der Waals surface area contributed by atoms with Gasteiger partial charge in [0.1, 0.15) is 11.6 Å². The lowest BCUT2D eigenvalue weighted by atomic mass is 10.1. The van der Waals surface area contributed by atoms with Crippen LogP contribution in [-0.4, -0.2) is 35.8 Å². The normalized spacial score (nSPS) is 9.68. The van der Waals surface area contributed by atoms with Gasteiger partial charge in [-0.15, -0.1) is 0 Å². The second-order valence-corrected chi connectivity index (χ2v) is 4.98. The van der Waals surface area contributed by atoms with Gasteiger partial charge >= 0.3 is 11.9 Å². The first-order valence-corrected chi connectivity index (χ1v) is 7.47. The zero-order chi connectivity index (χ0) is 18.7. The van der Waals surface area contributed by atoms with Crippen molar-refractivity contribution in [1.82, 2.24) is 5.32 Å². The molecule has 2 aromatic rings. The first-order valence-electron chi connectivity index (χ1n) is 7.47. The summed E-state index contributed by atoms with van der Waals surface area (Å²) in [6, 6.07) is 14.8. The average Bonchev–Trinajstić information content (AvgIpc) is 2.61. The highest BCUT2D eigenvalue weighted by Crippen LogP contribution is 2.11. The van der Waals surface area contributed by atoms with Crippen LogP contribution in [0.2, 0.25) is 0 Å². The number of methoxy groups -OCH3 is 1. The molecule has 0 saturated carbocycles. The zero-order valence-corrected chi connectivity index (χ0v) is 13.7. The fourth-order valence-corrected chi connectivity index (χ4v) is 1.89. The number of hydrogen-bond acceptors (Lipinski definition) is 4. The van der Waals surface area contributed by atoms with Crippen LogP contribution in [0.15, 0.2) is 48.5 Å². The number of halogens is 1. The highest BCUT2D eigenvalue weighted by molar-refractivity contribution is 6.27. The Kier molecular flexibility index (Phi) is 8.67. The summed E-state index contributed by atoms with van der Waals surface area (Å²) in [6.07, 6.45) is 0.915. The second kappa shape index (κ2) is 10.8. The SMILES string of the molecule is COc1ccc(CCNCc2ccccc2F)cc1.O=C(O)C(=O)O. The smallest absolute Gasteiger partial charge is 0.414 e. The number of ether oxygens (including phenoxy) is 1. The molecule has 0 amide bonds. The van der Waals surface area contributed by atoms with Crippen LogP contribution >= 0.6 is 0 Å². The summed E-state index contributed by atoms with van der Waals surface area (Å²) in [6.45, 7) is 1.38. The van der Waals surface area contributed by atoms with Gasteiger partial charge in [0, 0.05) is 12.1 Å². The average molecular weight is 349 g/mol. The van der Waals surface area contributed by atoms with Gasteiger partial charge in [0.2, 0.25) is 0 Å². The molecule has 0 fully saturated rings. The van der Waals surface area contributed by atoms with Crippen LogP contribution in [0.25, 0.3) is 0 Å². The van der Waals surface area contributed by atoms with Crippen molar-refractivity contribution in [3.8, 4) is 5.75 Å². The minimum absolute atomic E-state index is 0.153. The summed E-state index contributed by atoms with van der Waals surface area (Å²) in [4.78, 5) is 18.2. The van der Waals surface area contributed by atoms with Gasteiger partial charge in [-0.25, -0.2) is 14.0 Å². The molecule has 0 heterocycles.